The van der Waals surface area contributed by atoms with Gasteiger partial charge >= 0.3 is 0 Å². The first-order chi connectivity index (χ1) is 10.7. The highest BCUT2D eigenvalue weighted by Crippen LogP contribution is 2.24. The second-order valence-electron chi connectivity index (χ2n) is 5.24. The van der Waals surface area contributed by atoms with Gasteiger partial charge in [-0.15, -0.1) is 0 Å². The molecule has 0 aliphatic heterocycles. The highest BCUT2D eigenvalue weighted by atomic mass is 32.2. The minimum absolute atomic E-state index is 0.147. The van der Waals surface area contributed by atoms with Crippen molar-refractivity contribution in [2.75, 3.05) is 30.8 Å². The molecule has 2 aromatic rings. The number of sulfonamides is 1. The highest BCUT2D eigenvalue weighted by Gasteiger charge is 2.18. The molecule has 124 valence electrons. The topological polar surface area (TPSA) is 84.4 Å². The van der Waals surface area contributed by atoms with Gasteiger partial charge in [0.15, 0.2) is 0 Å². The Bertz CT molecular complexity index is 779. The van der Waals surface area contributed by atoms with Gasteiger partial charge in [-0.1, -0.05) is 0 Å². The van der Waals surface area contributed by atoms with Gasteiger partial charge < -0.3 is 9.64 Å². The number of hydrogen-bond acceptors (Lipinski definition) is 6. The third kappa shape index (κ3) is 3.70. The summed E-state index contributed by atoms with van der Waals surface area (Å²) in [7, 11) is 1.47. The number of aromatic nitrogens is 2. The van der Waals surface area contributed by atoms with E-state index in [4.69, 9.17) is 4.74 Å². The van der Waals surface area contributed by atoms with Crippen molar-refractivity contribution >= 4 is 21.7 Å². The Morgan fingerprint density at radius 3 is 2.00 bits per heavy atom. The number of aryl methyl sites for hydroxylation is 2. The van der Waals surface area contributed by atoms with E-state index in [0.29, 0.717) is 28.8 Å². The Kier molecular flexibility index (Phi) is 4.74. The molecular formula is C15H20N4O3S. The predicted molar refractivity (Wildman–Crippen MR) is 89.6 cm³/mol. The average Bonchev–Trinajstić information content (AvgIpc) is 2.50. The molecule has 2 rings (SSSR count). The Morgan fingerprint density at radius 1 is 1.04 bits per heavy atom. The lowest BCUT2D eigenvalue weighted by atomic mass is 10.3. The van der Waals surface area contributed by atoms with Crippen molar-refractivity contribution in [3.63, 3.8) is 0 Å². The van der Waals surface area contributed by atoms with Crippen molar-refractivity contribution in [2.45, 2.75) is 18.7 Å². The summed E-state index contributed by atoms with van der Waals surface area (Å²) in [6.07, 6.45) is 0. The van der Waals surface area contributed by atoms with Crippen molar-refractivity contribution in [3.8, 4) is 5.75 Å². The fourth-order valence-electron chi connectivity index (χ4n) is 1.99. The van der Waals surface area contributed by atoms with Gasteiger partial charge in [-0.05, 0) is 38.1 Å². The van der Waals surface area contributed by atoms with Gasteiger partial charge in [-0.25, -0.2) is 18.4 Å². The van der Waals surface area contributed by atoms with Gasteiger partial charge in [0.2, 0.25) is 5.95 Å². The van der Waals surface area contributed by atoms with E-state index in [9.17, 15) is 8.42 Å². The standard InChI is InChI=1S/C15H20N4O3S/c1-10-14(11(2)17-15(16-10)19(3)4)18-23(20,21)13-8-6-12(22-5)7-9-13/h6-9,18H,1-5H3. The third-order valence-corrected chi connectivity index (χ3v) is 4.63. The molecule has 0 aliphatic rings. The monoisotopic (exact) mass is 336 g/mol. The minimum Gasteiger partial charge on any atom is -0.497 e. The molecule has 8 heteroatoms. The molecule has 0 atom stereocenters. The zero-order valence-electron chi connectivity index (χ0n) is 13.8. The first kappa shape index (κ1) is 17.0. The number of ether oxygens (including phenoxy) is 1. The molecule has 0 spiro atoms. The van der Waals surface area contributed by atoms with Crippen LogP contribution >= 0.6 is 0 Å². The van der Waals surface area contributed by atoms with Crippen LogP contribution in [0, 0.1) is 13.8 Å². The lowest BCUT2D eigenvalue weighted by Gasteiger charge is -2.16. The van der Waals surface area contributed by atoms with E-state index < -0.39 is 10.0 Å². The quantitative estimate of drug-likeness (QED) is 0.898. The molecule has 1 aromatic carbocycles. The van der Waals surface area contributed by atoms with Crippen LogP contribution < -0.4 is 14.4 Å². The van der Waals surface area contributed by atoms with Gasteiger partial charge in [0.1, 0.15) is 5.75 Å². The number of hydrogen-bond donors (Lipinski definition) is 1. The number of rotatable bonds is 5. The summed E-state index contributed by atoms with van der Waals surface area (Å²) in [5, 5.41) is 0. The van der Waals surface area contributed by atoms with Crippen molar-refractivity contribution in [3.05, 3.63) is 35.7 Å². The molecule has 0 radical (unpaired) electrons. The Labute approximate surface area is 136 Å². The highest BCUT2D eigenvalue weighted by molar-refractivity contribution is 7.92. The Balaban J connectivity index is 2.37. The molecular weight excluding hydrogens is 316 g/mol. The molecule has 0 amide bonds. The van der Waals surface area contributed by atoms with Crippen LogP contribution in [0.15, 0.2) is 29.2 Å². The van der Waals surface area contributed by atoms with Gasteiger partial charge in [0.05, 0.1) is 29.1 Å². The summed E-state index contributed by atoms with van der Waals surface area (Å²) >= 11 is 0. The molecule has 1 aromatic heterocycles. The third-order valence-electron chi connectivity index (χ3n) is 3.27. The van der Waals surface area contributed by atoms with Gasteiger partial charge in [-0.2, -0.15) is 0 Å². The fourth-order valence-corrected chi connectivity index (χ4v) is 3.17. The Morgan fingerprint density at radius 2 is 1.57 bits per heavy atom. The molecule has 1 heterocycles. The number of benzene rings is 1. The zero-order chi connectivity index (χ0) is 17.2. The predicted octanol–water partition coefficient (Wildman–Crippen LogP) is 1.97. The van der Waals surface area contributed by atoms with Crippen molar-refractivity contribution < 1.29 is 13.2 Å². The second kappa shape index (κ2) is 6.41. The van der Waals surface area contributed by atoms with Crippen LogP contribution in [-0.2, 0) is 10.0 Å². The summed E-state index contributed by atoms with van der Waals surface area (Å²) in [6.45, 7) is 3.49. The number of nitrogens with zero attached hydrogens (tertiary/aromatic N) is 3. The SMILES string of the molecule is COc1ccc(S(=O)(=O)Nc2c(C)nc(N(C)C)nc2C)cc1. The fraction of sp³-hybridized carbons (Fsp3) is 0.333. The zero-order valence-corrected chi connectivity index (χ0v) is 14.6. The van der Waals surface area contributed by atoms with E-state index in [1.54, 1.807) is 30.9 Å². The lowest BCUT2D eigenvalue weighted by molar-refractivity contribution is 0.414. The van der Waals surface area contributed by atoms with Crippen LogP contribution in [0.2, 0.25) is 0 Å². The molecule has 0 aliphatic carbocycles. The normalized spacial score (nSPS) is 11.2. The maximum atomic E-state index is 12.5. The van der Waals surface area contributed by atoms with Crippen LogP contribution in [-0.4, -0.2) is 39.6 Å². The van der Waals surface area contributed by atoms with Gasteiger partial charge in [-0.3, -0.25) is 4.72 Å². The maximum Gasteiger partial charge on any atom is 0.262 e. The summed E-state index contributed by atoms with van der Waals surface area (Å²) in [5.41, 5.74) is 1.53. The molecule has 0 bridgehead atoms. The van der Waals surface area contributed by atoms with E-state index in [1.165, 1.54) is 19.2 Å². The van der Waals surface area contributed by atoms with E-state index in [0.717, 1.165) is 0 Å². The van der Waals surface area contributed by atoms with Gasteiger partial charge in [0, 0.05) is 14.1 Å². The summed E-state index contributed by atoms with van der Waals surface area (Å²) in [4.78, 5) is 10.5. The van der Waals surface area contributed by atoms with Crippen LogP contribution in [0.1, 0.15) is 11.4 Å². The number of nitrogens with one attached hydrogen (secondary N) is 1. The summed E-state index contributed by atoms with van der Waals surface area (Å²) in [5.74, 6) is 1.13. The number of methoxy groups -OCH3 is 1. The van der Waals surface area contributed by atoms with Crippen molar-refractivity contribution in [1.29, 1.82) is 0 Å². The van der Waals surface area contributed by atoms with E-state index >= 15 is 0 Å². The lowest BCUT2D eigenvalue weighted by Crippen LogP contribution is -2.18. The van der Waals surface area contributed by atoms with E-state index in [2.05, 4.69) is 14.7 Å². The molecule has 7 nitrogen and oxygen atoms in total. The second-order valence-corrected chi connectivity index (χ2v) is 6.93. The largest absolute Gasteiger partial charge is 0.497 e. The molecule has 0 saturated carbocycles. The van der Waals surface area contributed by atoms with Crippen molar-refractivity contribution in [1.82, 2.24) is 9.97 Å². The smallest absolute Gasteiger partial charge is 0.262 e. The first-order valence-electron chi connectivity index (χ1n) is 6.94. The summed E-state index contributed by atoms with van der Waals surface area (Å²) < 4.78 is 32.6. The molecule has 23 heavy (non-hydrogen) atoms. The summed E-state index contributed by atoms with van der Waals surface area (Å²) in [6, 6.07) is 6.17. The Hall–Kier alpha value is -2.35. The molecule has 0 unspecified atom stereocenters. The molecule has 1 N–H and O–H groups in total. The minimum atomic E-state index is -3.72. The molecule has 0 saturated heterocycles. The van der Waals surface area contributed by atoms with Crippen molar-refractivity contribution in [2.24, 2.45) is 0 Å². The van der Waals surface area contributed by atoms with Crippen LogP contribution in [0.5, 0.6) is 5.75 Å². The van der Waals surface area contributed by atoms with E-state index in [-0.39, 0.29) is 4.90 Å². The van der Waals surface area contributed by atoms with E-state index in [1.807, 2.05) is 14.1 Å². The average molecular weight is 336 g/mol. The first-order valence-corrected chi connectivity index (χ1v) is 8.42. The van der Waals surface area contributed by atoms with Gasteiger partial charge in [0.25, 0.3) is 10.0 Å². The van der Waals surface area contributed by atoms with Crippen LogP contribution in [0.25, 0.3) is 0 Å². The van der Waals surface area contributed by atoms with Crippen LogP contribution in [0.3, 0.4) is 0 Å². The number of anilines is 2. The maximum absolute atomic E-state index is 12.5. The van der Waals surface area contributed by atoms with Crippen LogP contribution in [0.4, 0.5) is 11.6 Å². The molecule has 0 fully saturated rings.